The van der Waals surface area contributed by atoms with Crippen LogP contribution in [0.4, 0.5) is 0 Å². The lowest BCUT2D eigenvalue weighted by Gasteiger charge is -2.29. The van der Waals surface area contributed by atoms with Gasteiger partial charge in [-0.25, -0.2) is 9.78 Å². The first kappa shape index (κ1) is 16.4. The second-order valence-electron chi connectivity index (χ2n) is 5.12. The minimum absolute atomic E-state index is 0.150. The van der Waals surface area contributed by atoms with E-state index in [9.17, 15) is 14.7 Å². The van der Waals surface area contributed by atoms with E-state index in [1.807, 2.05) is 4.90 Å². The minimum Gasteiger partial charge on any atom is -0.480 e. The molecule has 1 saturated heterocycles. The maximum Gasteiger partial charge on any atom is 0.326 e. The molecule has 1 aliphatic rings. The van der Waals surface area contributed by atoms with Crippen LogP contribution < -0.4 is 5.32 Å². The highest BCUT2D eigenvalue weighted by atomic mass is 16.6. The number of nitrogens with zero attached hydrogens (tertiary/aromatic N) is 2. The number of hydrogen-bond donors (Lipinski definition) is 4. The number of imidazole rings is 1. The van der Waals surface area contributed by atoms with Crippen molar-refractivity contribution in [1.29, 1.82) is 0 Å². The van der Waals surface area contributed by atoms with E-state index in [2.05, 4.69) is 15.3 Å². The van der Waals surface area contributed by atoms with Gasteiger partial charge in [-0.1, -0.05) is 0 Å². The Morgan fingerprint density at radius 2 is 2.41 bits per heavy atom. The lowest BCUT2D eigenvalue weighted by atomic mass is 10.1. The van der Waals surface area contributed by atoms with Gasteiger partial charge in [0.05, 0.1) is 12.9 Å². The van der Waals surface area contributed by atoms with E-state index in [1.165, 1.54) is 12.5 Å². The Bertz CT molecular complexity index is 493. The van der Waals surface area contributed by atoms with Crippen molar-refractivity contribution in [3.63, 3.8) is 0 Å². The first-order chi connectivity index (χ1) is 10.5. The van der Waals surface area contributed by atoms with Gasteiger partial charge < -0.3 is 25.3 Å². The van der Waals surface area contributed by atoms with E-state index < -0.39 is 18.3 Å². The zero-order chi connectivity index (χ0) is 15.9. The van der Waals surface area contributed by atoms with Crippen molar-refractivity contribution in [2.45, 2.75) is 25.2 Å². The van der Waals surface area contributed by atoms with Crippen LogP contribution in [0.15, 0.2) is 12.5 Å². The normalized spacial score (nSPS) is 20.5. The molecule has 1 fully saturated rings. The molecule has 0 aliphatic carbocycles. The molecular weight excluding hydrogens is 292 g/mol. The smallest absolute Gasteiger partial charge is 0.326 e. The highest BCUT2D eigenvalue weighted by Crippen LogP contribution is 2.04. The number of carbonyl (C=O) groups excluding carboxylic acids is 1. The number of rotatable bonds is 7. The summed E-state index contributed by atoms with van der Waals surface area (Å²) in [4.78, 5) is 31.6. The molecule has 1 amide bonds. The summed E-state index contributed by atoms with van der Waals surface area (Å²) >= 11 is 0. The number of carboxylic acid groups (broad SMARTS) is 1. The van der Waals surface area contributed by atoms with Gasteiger partial charge in [0.25, 0.3) is 0 Å². The largest absolute Gasteiger partial charge is 0.480 e. The van der Waals surface area contributed by atoms with Gasteiger partial charge in [-0.2, -0.15) is 0 Å². The fraction of sp³-hybridized carbons (Fsp3) is 0.615. The summed E-state index contributed by atoms with van der Waals surface area (Å²) in [5.74, 6) is -1.43. The number of morpholine rings is 1. The summed E-state index contributed by atoms with van der Waals surface area (Å²) < 4.78 is 5.00. The number of ether oxygens (including phenoxy) is 1. The van der Waals surface area contributed by atoms with Gasteiger partial charge in [-0.05, 0) is 0 Å². The quantitative estimate of drug-likeness (QED) is 0.485. The Morgan fingerprint density at radius 3 is 3.05 bits per heavy atom. The number of aliphatic hydroxyl groups is 1. The molecule has 2 heterocycles. The van der Waals surface area contributed by atoms with Gasteiger partial charge in [0, 0.05) is 44.4 Å². The molecule has 1 aromatic rings. The molecule has 9 nitrogen and oxygen atoms in total. The molecule has 0 aromatic carbocycles. The van der Waals surface area contributed by atoms with Gasteiger partial charge in [0.15, 0.2) is 6.29 Å². The minimum atomic E-state index is -1.09. The van der Waals surface area contributed by atoms with Crippen molar-refractivity contribution in [3.8, 4) is 0 Å². The van der Waals surface area contributed by atoms with Crippen LogP contribution in [0.2, 0.25) is 0 Å². The van der Waals surface area contributed by atoms with Crippen LogP contribution in [0.3, 0.4) is 0 Å². The lowest BCUT2D eigenvalue weighted by molar-refractivity contribution is -0.147. The Hall–Kier alpha value is -1.97. The number of β-amino-alcohol motifs (C(OH)–C–C–N with tert-alkyl or cyclic N) is 1. The summed E-state index contributed by atoms with van der Waals surface area (Å²) in [5.41, 5.74) is 0.643. The van der Waals surface area contributed by atoms with Crippen LogP contribution in [-0.4, -0.2) is 75.5 Å². The standard InChI is InChI=1S/C13H20N4O5/c18-11(1-2-17-3-4-22-12(19)7-17)16-10(13(20)21)5-9-6-14-8-15-9/h6,8,10,12,19H,1-5,7H2,(H,14,15)(H,16,18)(H,20,21). The van der Waals surface area contributed by atoms with Crippen molar-refractivity contribution < 1.29 is 24.5 Å². The summed E-state index contributed by atoms with van der Waals surface area (Å²) in [6.45, 7) is 1.85. The molecule has 2 unspecified atom stereocenters. The SMILES string of the molecule is O=C(CCN1CCOC(O)C1)NC(Cc1cnc[nH]1)C(=O)O. The first-order valence-corrected chi connectivity index (χ1v) is 7.06. The Morgan fingerprint density at radius 1 is 1.59 bits per heavy atom. The Kier molecular flexibility index (Phi) is 5.87. The number of nitrogens with one attached hydrogen (secondary N) is 2. The number of aromatic nitrogens is 2. The summed E-state index contributed by atoms with van der Waals surface area (Å²) in [5, 5.41) is 21.0. The number of aliphatic hydroxyl groups excluding tert-OH is 1. The number of H-pyrrole nitrogens is 1. The third kappa shape index (κ3) is 5.10. The third-order valence-corrected chi connectivity index (χ3v) is 3.40. The maximum absolute atomic E-state index is 11.9. The van der Waals surface area contributed by atoms with Gasteiger partial charge in [-0.15, -0.1) is 0 Å². The molecule has 22 heavy (non-hydrogen) atoms. The van der Waals surface area contributed by atoms with Crippen molar-refractivity contribution in [1.82, 2.24) is 20.2 Å². The topological polar surface area (TPSA) is 128 Å². The van der Waals surface area contributed by atoms with Crippen molar-refractivity contribution in [3.05, 3.63) is 18.2 Å². The lowest BCUT2D eigenvalue weighted by Crippen LogP contribution is -2.46. The highest BCUT2D eigenvalue weighted by molar-refractivity contribution is 5.83. The van der Waals surface area contributed by atoms with Crippen LogP contribution in [0, 0.1) is 0 Å². The average molecular weight is 312 g/mol. The molecule has 1 aliphatic heterocycles. The van der Waals surface area contributed by atoms with E-state index in [0.29, 0.717) is 31.9 Å². The van der Waals surface area contributed by atoms with E-state index in [-0.39, 0.29) is 18.7 Å². The van der Waals surface area contributed by atoms with Crippen LogP contribution in [-0.2, 0) is 20.7 Å². The molecule has 2 rings (SSSR count). The maximum atomic E-state index is 11.9. The second-order valence-corrected chi connectivity index (χ2v) is 5.12. The molecular formula is C13H20N4O5. The van der Waals surface area contributed by atoms with Crippen molar-refractivity contribution in [2.24, 2.45) is 0 Å². The Labute approximate surface area is 127 Å². The first-order valence-electron chi connectivity index (χ1n) is 7.06. The van der Waals surface area contributed by atoms with Gasteiger partial charge in [0.1, 0.15) is 6.04 Å². The number of carbonyl (C=O) groups is 2. The zero-order valence-corrected chi connectivity index (χ0v) is 12.1. The molecule has 0 spiro atoms. The summed E-state index contributed by atoms with van der Waals surface area (Å²) in [7, 11) is 0. The monoisotopic (exact) mass is 312 g/mol. The number of aliphatic carboxylic acids is 1. The fourth-order valence-electron chi connectivity index (χ4n) is 2.23. The van der Waals surface area contributed by atoms with E-state index in [4.69, 9.17) is 9.84 Å². The predicted molar refractivity (Wildman–Crippen MR) is 74.9 cm³/mol. The van der Waals surface area contributed by atoms with Crippen molar-refractivity contribution in [2.75, 3.05) is 26.2 Å². The van der Waals surface area contributed by atoms with Gasteiger partial charge in [0.2, 0.25) is 5.91 Å². The molecule has 0 bridgehead atoms. The van der Waals surface area contributed by atoms with Gasteiger partial charge >= 0.3 is 5.97 Å². The molecule has 2 atom stereocenters. The molecule has 1 aromatic heterocycles. The zero-order valence-electron chi connectivity index (χ0n) is 12.1. The average Bonchev–Trinajstić information content (AvgIpc) is 2.97. The van der Waals surface area contributed by atoms with Gasteiger partial charge in [-0.3, -0.25) is 9.69 Å². The second kappa shape index (κ2) is 7.87. The van der Waals surface area contributed by atoms with E-state index >= 15 is 0 Å². The van der Waals surface area contributed by atoms with Crippen LogP contribution in [0.1, 0.15) is 12.1 Å². The van der Waals surface area contributed by atoms with Crippen LogP contribution in [0.25, 0.3) is 0 Å². The van der Waals surface area contributed by atoms with Crippen molar-refractivity contribution >= 4 is 11.9 Å². The summed E-state index contributed by atoms with van der Waals surface area (Å²) in [6.07, 6.45) is 2.47. The van der Waals surface area contributed by atoms with Crippen LogP contribution in [0.5, 0.6) is 0 Å². The Balaban J connectivity index is 1.77. The molecule has 4 N–H and O–H groups in total. The molecule has 0 radical (unpaired) electrons. The molecule has 122 valence electrons. The molecule has 9 heteroatoms. The fourth-order valence-corrected chi connectivity index (χ4v) is 2.23. The number of carboxylic acids is 1. The third-order valence-electron chi connectivity index (χ3n) is 3.40. The summed E-state index contributed by atoms with van der Waals surface area (Å²) in [6, 6.07) is -0.997. The van der Waals surface area contributed by atoms with E-state index in [1.54, 1.807) is 0 Å². The molecule has 0 saturated carbocycles. The van der Waals surface area contributed by atoms with Crippen LogP contribution >= 0.6 is 0 Å². The number of hydrogen-bond acceptors (Lipinski definition) is 6. The number of aromatic amines is 1. The predicted octanol–water partition coefficient (Wildman–Crippen LogP) is -1.44. The van der Waals surface area contributed by atoms with E-state index in [0.717, 1.165) is 0 Å². The highest BCUT2D eigenvalue weighted by Gasteiger charge is 2.22. The number of amides is 1.